The summed E-state index contributed by atoms with van der Waals surface area (Å²) in [5.74, 6) is 1.04. The van der Waals surface area contributed by atoms with Gasteiger partial charge in [-0.05, 0) is 31.9 Å². The number of halogens is 1. The van der Waals surface area contributed by atoms with Gasteiger partial charge < -0.3 is 15.5 Å². The summed E-state index contributed by atoms with van der Waals surface area (Å²) in [6.07, 6.45) is 1.78. The van der Waals surface area contributed by atoms with Gasteiger partial charge in [-0.3, -0.25) is 4.99 Å². The van der Waals surface area contributed by atoms with E-state index < -0.39 is 10.0 Å². The summed E-state index contributed by atoms with van der Waals surface area (Å²) < 4.78 is 25.3. The molecule has 152 valence electrons. The first kappa shape index (κ1) is 22.2. The SMILES string of the molecule is CCNC(=NCCN1CCCS1(=O)=O)NC1CCN(c2ccccc2)C1.I. The fourth-order valence-electron chi connectivity index (χ4n) is 3.48. The lowest BCUT2D eigenvalue weighted by atomic mass is 10.3. The van der Waals surface area contributed by atoms with E-state index in [1.54, 1.807) is 4.31 Å². The van der Waals surface area contributed by atoms with Crippen LogP contribution in [0.4, 0.5) is 5.69 Å². The normalized spacial score (nSPS) is 22.5. The van der Waals surface area contributed by atoms with Crippen LogP contribution in [0, 0.1) is 0 Å². The molecule has 0 aromatic heterocycles. The minimum absolute atomic E-state index is 0. The van der Waals surface area contributed by atoms with Gasteiger partial charge in [-0.25, -0.2) is 12.7 Å². The summed E-state index contributed by atoms with van der Waals surface area (Å²) in [5.41, 5.74) is 1.25. The van der Waals surface area contributed by atoms with Crippen LogP contribution < -0.4 is 15.5 Å². The van der Waals surface area contributed by atoms with E-state index in [9.17, 15) is 8.42 Å². The molecule has 0 aliphatic carbocycles. The Bertz CT molecular complexity index is 714. The maximum atomic E-state index is 11.9. The Balaban J connectivity index is 0.00000261. The minimum atomic E-state index is -3.04. The second kappa shape index (κ2) is 10.5. The fraction of sp³-hybridized carbons (Fsp3) is 0.611. The van der Waals surface area contributed by atoms with Crippen LogP contribution in [0.3, 0.4) is 0 Å². The molecule has 0 amide bonds. The lowest BCUT2D eigenvalue weighted by Gasteiger charge is -2.20. The Morgan fingerprint density at radius 1 is 1.26 bits per heavy atom. The van der Waals surface area contributed by atoms with Crippen molar-refractivity contribution in [2.45, 2.75) is 25.8 Å². The van der Waals surface area contributed by atoms with E-state index in [1.165, 1.54) is 5.69 Å². The van der Waals surface area contributed by atoms with Crippen molar-refractivity contribution in [3.63, 3.8) is 0 Å². The zero-order valence-electron chi connectivity index (χ0n) is 15.8. The highest BCUT2D eigenvalue weighted by atomic mass is 127. The first-order chi connectivity index (χ1) is 12.6. The van der Waals surface area contributed by atoms with Crippen LogP contribution in [-0.4, -0.2) is 69.7 Å². The number of sulfonamides is 1. The predicted molar refractivity (Wildman–Crippen MR) is 122 cm³/mol. The number of hydrogen-bond acceptors (Lipinski definition) is 4. The molecule has 0 radical (unpaired) electrons. The van der Waals surface area contributed by atoms with Gasteiger partial charge in [0, 0.05) is 44.5 Å². The van der Waals surface area contributed by atoms with Crippen molar-refractivity contribution in [1.82, 2.24) is 14.9 Å². The average molecular weight is 507 g/mol. The average Bonchev–Trinajstić information content (AvgIpc) is 3.22. The second-order valence-corrected chi connectivity index (χ2v) is 8.83. The predicted octanol–water partition coefficient (Wildman–Crippen LogP) is 1.47. The number of nitrogens with zero attached hydrogens (tertiary/aromatic N) is 3. The quantitative estimate of drug-likeness (QED) is 0.347. The van der Waals surface area contributed by atoms with E-state index >= 15 is 0 Å². The molecular weight excluding hydrogens is 477 g/mol. The molecule has 2 aliphatic heterocycles. The van der Waals surface area contributed by atoms with Gasteiger partial charge in [0.05, 0.1) is 12.3 Å². The summed E-state index contributed by atoms with van der Waals surface area (Å²) in [6.45, 7) is 6.33. The molecular formula is C18H30IN5O2S. The van der Waals surface area contributed by atoms with Gasteiger partial charge in [-0.1, -0.05) is 18.2 Å². The van der Waals surface area contributed by atoms with Crippen LogP contribution in [0.1, 0.15) is 19.8 Å². The third-order valence-corrected chi connectivity index (χ3v) is 6.77. The third kappa shape index (κ3) is 6.21. The number of aliphatic imine (C=N–C) groups is 1. The summed E-state index contributed by atoms with van der Waals surface area (Å²) in [6, 6.07) is 10.8. The number of guanidine groups is 1. The molecule has 0 bridgehead atoms. The minimum Gasteiger partial charge on any atom is -0.369 e. The Morgan fingerprint density at radius 2 is 2.04 bits per heavy atom. The largest absolute Gasteiger partial charge is 0.369 e. The molecule has 27 heavy (non-hydrogen) atoms. The van der Waals surface area contributed by atoms with Crippen LogP contribution in [-0.2, 0) is 10.0 Å². The van der Waals surface area contributed by atoms with E-state index in [1.807, 2.05) is 13.0 Å². The molecule has 2 saturated heterocycles. The smallest absolute Gasteiger partial charge is 0.214 e. The van der Waals surface area contributed by atoms with Crippen molar-refractivity contribution in [1.29, 1.82) is 0 Å². The number of benzene rings is 1. The van der Waals surface area contributed by atoms with Crippen molar-refractivity contribution in [2.24, 2.45) is 4.99 Å². The molecule has 1 aromatic rings. The van der Waals surface area contributed by atoms with Crippen molar-refractivity contribution in [2.75, 3.05) is 49.9 Å². The lowest BCUT2D eigenvalue weighted by molar-refractivity contribution is 0.451. The number of rotatable bonds is 6. The van der Waals surface area contributed by atoms with E-state index in [-0.39, 0.29) is 29.7 Å². The fourth-order valence-corrected chi connectivity index (χ4v) is 5.00. The molecule has 1 aromatic carbocycles. The van der Waals surface area contributed by atoms with E-state index in [2.05, 4.69) is 44.8 Å². The zero-order chi connectivity index (χ0) is 18.4. The highest BCUT2D eigenvalue weighted by molar-refractivity contribution is 14.0. The van der Waals surface area contributed by atoms with Gasteiger partial charge >= 0.3 is 0 Å². The molecule has 7 nitrogen and oxygen atoms in total. The highest BCUT2D eigenvalue weighted by Gasteiger charge is 2.27. The molecule has 2 fully saturated rings. The standard InChI is InChI=1S/C18H29N5O2S.HI/c1-2-19-18(20-10-13-23-11-6-14-26(23,24)25)21-16-9-12-22(15-16)17-7-4-3-5-8-17;/h3-5,7-8,16H,2,6,9-15H2,1H3,(H2,19,20,21);1H. The van der Waals surface area contributed by atoms with Crippen LogP contribution >= 0.6 is 24.0 Å². The monoisotopic (exact) mass is 507 g/mol. The van der Waals surface area contributed by atoms with Crippen molar-refractivity contribution >= 4 is 45.6 Å². The maximum Gasteiger partial charge on any atom is 0.214 e. The Labute approximate surface area is 179 Å². The van der Waals surface area contributed by atoms with Crippen molar-refractivity contribution in [3.8, 4) is 0 Å². The summed E-state index contributed by atoms with van der Waals surface area (Å²) >= 11 is 0. The highest BCUT2D eigenvalue weighted by Crippen LogP contribution is 2.19. The molecule has 0 spiro atoms. The van der Waals surface area contributed by atoms with Gasteiger partial charge in [0.1, 0.15) is 0 Å². The molecule has 2 heterocycles. The number of hydrogen-bond donors (Lipinski definition) is 2. The number of nitrogens with one attached hydrogen (secondary N) is 2. The van der Waals surface area contributed by atoms with Gasteiger partial charge in [-0.15, -0.1) is 24.0 Å². The van der Waals surface area contributed by atoms with Crippen LogP contribution in [0.15, 0.2) is 35.3 Å². The topological polar surface area (TPSA) is 77.0 Å². The maximum absolute atomic E-state index is 11.9. The molecule has 0 saturated carbocycles. The van der Waals surface area contributed by atoms with Crippen LogP contribution in [0.2, 0.25) is 0 Å². The molecule has 9 heteroatoms. The Kier molecular flexibility index (Phi) is 8.62. The number of para-hydroxylation sites is 1. The van der Waals surface area contributed by atoms with Crippen molar-refractivity contribution in [3.05, 3.63) is 30.3 Å². The van der Waals surface area contributed by atoms with E-state index in [0.717, 1.165) is 38.4 Å². The van der Waals surface area contributed by atoms with Crippen LogP contribution in [0.25, 0.3) is 0 Å². The molecule has 2 aliphatic rings. The Morgan fingerprint density at radius 3 is 2.70 bits per heavy atom. The second-order valence-electron chi connectivity index (χ2n) is 6.74. The van der Waals surface area contributed by atoms with Gasteiger partial charge in [0.2, 0.25) is 10.0 Å². The summed E-state index contributed by atoms with van der Waals surface area (Å²) in [7, 11) is -3.04. The Hall–Kier alpha value is -1.07. The first-order valence-electron chi connectivity index (χ1n) is 9.41. The summed E-state index contributed by atoms with van der Waals surface area (Å²) in [4.78, 5) is 6.95. The molecule has 1 unspecified atom stereocenters. The zero-order valence-corrected chi connectivity index (χ0v) is 18.9. The van der Waals surface area contributed by atoms with Gasteiger partial charge in [-0.2, -0.15) is 0 Å². The van der Waals surface area contributed by atoms with Crippen LogP contribution in [0.5, 0.6) is 0 Å². The molecule has 2 N–H and O–H groups in total. The summed E-state index contributed by atoms with van der Waals surface area (Å²) in [5, 5.41) is 6.75. The van der Waals surface area contributed by atoms with Gasteiger partial charge in [0.25, 0.3) is 0 Å². The first-order valence-corrected chi connectivity index (χ1v) is 11.0. The third-order valence-electron chi connectivity index (χ3n) is 4.82. The van der Waals surface area contributed by atoms with Crippen molar-refractivity contribution < 1.29 is 8.42 Å². The van der Waals surface area contributed by atoms with E-state index in [0.29, 0.717) is 25.7 Å². The number of anilines is 1. The van der Waals surface area contributed by atoms with Gasteiger partial charge in [0.15, 0.2) is 5.96 Å². The lowest BCUT2D eigenvalue weighted by Crippen LogP contribution is -2.45. The molecule has 3 rings (SSSR count). The molecule has 1 atom stereocenters. The van der Waals surface area contributed by atoms with E-state index in [4.69, 9.17) is 0 Å².